The van der Waals surface area contributed by atoms with E-state index in [1.54, 1.807) is 7.11 Å². The van der Waals surface area contributed by atoms with Crippen LogP contribution in [0.5, 0.6) is 5.75 Å². The number of benzene rings is 1. The number of rotatable bonds is 9. The largest absolute Gasteiger partial charge is 0.496 e. The highest BCUT2D eigenvalue weighted by Crippen LogP contribution is 2.21. The van der Waals surface area contributed by atoms with Gasteiger partial charge in [-0.25, -0.2) is 0 Å². The van der Waals surface area contributed by atoms with Gasteiger partial charge in [-0.1, -0.05) is 18.2 Å². The van der Waals surface area contributed by atoms with E-state index in [-0.39, 0.29) is 12.0 Å². The van der Waals surface area contributed by atoms with E-state index in [4.69, 9.17) is 9.47 Å². The van der Waals surface area contributed by atoms with Crippen molar-refractivity contribution in [2.24, 2.45) is 0 Å². The summed E-state index contributed by atoms with van der Waals surface area (Å²) in [7, 11) is 3.57. The molecule has 1 saturated heterocycles. The van der Waals surface area contributed by atoms with Gasteiger partial charge in [0.25, 0.3) is 0 Å². The summed E-state index contributed by atoms with van der Waals surface area (Å²) in [4.78, 5) is 14.5. The van der Waals surface area contributed by atoms with E-state index in [9.17, 15) is 4.79 Å². The van der Waals surface area contributed by atoms with Crippen molar-refractivity contribution >= 4 is 5.91 Å². The average Bonchev–Trinajstić information content (AvgIpc) is 3.08. The van der Waals surface area contributed by atoms with Crippen LogP contribution in [0.1, 0.15) is 31.2 Å². The maximum Gasteiger partial charge on any atom is 0.223 e. The van der Waals surface area contributed by atoms with Gasteiger partial charge in [0, 0.05) is 31.7 Å². The van der Waals surface area contributed by atoms with Gasteiger partial charge in [0.1, 0.15) is 5.75 Å². The monoisotopic (exact) mass is 320 g/mol. The molecule has 0 aromatic heterocycles. The lowest BCUT2D eigenvalue weighted by atomic mass is 10.1. The minimum Gasteiger partial charge on any atom is -0.496 e. The number of ether oxygens (including phenoxy) is 2. The van der Waals surface area contributed by atoms with Crippen molar-refractivity contribution in [3.8, 4) is 5.75 Å². The predicted octanol–water partition coefficient (Wildman–Crippen LogP) is 2.20. The molecule has 5 nitrogen and oxygen atoms in total. The SMILES string of the molecule is CNCCCC(=O)N(Cc1ccccc1OC)CC1CCCO1. The van der Waals surface area contributed by atoms with Gasteiger partial charge in [-0.2, -0.15) is 0 Å². The topological polar surface area (TPSA) is 50.8 Å². The fourth-order valence-electron chi connectivity index (χ4n) is 2.90. The lowest BCUT2D eigenvalue weighted by Crippen LogP contribution is -2.37. The molecule has 1 fully saturated rings. The Balaban J connectivity index is 2.03. The fraction of sp³-hybridized carbons (Fsp3) is 0.611. The molecule has 1 N–H and O–H groups in total. The van der Waals surface area contributed by atoms with E-state index >= 15 is 0 Å². The summed E-state index contributed by atoms with van der Waals surface area (Å²) in [5.41, 5.74) is 1.04. The van der Waals surface area contributed by atoms with Gasteiger partial charge in [0.15, 0.2) is 0 Å². The molecule has 1 atom stereocenters. The highest BCUT2D eigenvalue weighted by Gasteiger charge is 2.23. The molecule has 2 rings (SSSR count). The van der Waals surface area contributed by atoms with Gasteiger partial charge in [0.05, 0.1) is 13.2 Å². The van der Waals surface area contributed by atoms with Crippen LogP contribution in [-0.2, 0) is 16.1 Å². The summed E-state index contributed by atoms with van der Waals surface area (Å²) >= 11 is 0. The van der Waals surface area contributed by atoms with Crippen LogP contribution >= 0.6 is 0 Å². The standard InChI is InChI=1S/C18H28N2O3/c1-19-11-5-10-18(21)20(14-16-8-6-12-23-16)13-15-7-3-4-9-17(15)22-2/h3-4,7,9,16,19H,5-6,8,10-14H2,1-2H3. The van der Waals surface area contributed by atoms with Gasteiger partial charge in [-0.05, 0) is 38.9 Å². The highest BCUT2D eigenvalue weighted by atomic mass is 16.5. The molecule has 0 aliphatic carbocycles. The Labute approximate surface area is 139 Å². The number of methoxy groups -OCH3 is 1. The summed E-state index contributed by atoms with van der Waals surface area (Å²) in [6, 6.07) is 7.88. The Morgan fingerprint density at radius 2 is 2.26 bits per heavy atom. The van der Waals surface area contributed by atoms with Crippen LogP contribution in [0.15, 0.2) is 24.3 Å². The number of amides is 1. The van der Waals surface area contributed by atoms with E-state index in [0.717, 1.165) is 43.7 Å². The second-order valence-corrected chi connectivity index (χ2v) is 5.93. The summed E-state index contributed by atoms with van der Waals surface area (Å²) in [6.07, 6.45) is 3.69. The molecule has 1 aliphatic heterocycles. The number of para-hydroxylation sites is 1. The second-order valence-electron chi connectivity index (χ2n) is 5.93. The van der Waals surface area contributed by atoms with Crippen LogP contribution in [0, 0.1) is 0 Å². The number of carbonyl (C=O) groups excluding carboxylic acids is 1. The quantitative estimate of drug-likeness (QED) is 0.709. The zero-order valence-corrected chi connectivity index (χ0v) is 14.2. The molecule has 1 aromatic rings. The number of nitrogens with zero attached hydrogens (tertiary/aromatic N) is 1. The minimum atomic E-state index is 0.165. The second kappa shape index (κ2) is 9.53. The summed E-state index contributed by atoms with van der Waals surface area (Å²) in [5, 5.41) is 3.09. The van der Waals surface area contributed by atoms with Gasteiger partial charge < -0.3 is 19.7 Å². The first-order chi connectivity index (χ1) is 11.2. The first-order valence-electron chi connectivity index (χ1n) is 8.40. The molecule has 5 heteroatoms. The Morgan fingerprint density at radius 3 is 2.96 bits per heavy atom. The van der Waals surface area contributed by atoms with E-state index in [1.807, 2.05) is 36.2 Å². The third-order valence-electron chi connectivity index (χ3n) is 4.17. The van der Waals surface area contributed by atoms with Crippen LogP contribution in [0.4, 0.5) is 0 Å². The molecule has 128 valence electrons. The van der Waals surface area contributed by atoms with E-state index in [0.29, 0.717) is 19.5 Å². The molecule has 0 saturated carbocycles. The molecule has 0 radical (unpaired) electrons. The highest BCUT2D eigenvalue weighted by molar-refractivity contribution is 5.76. The third-order valence-corrected chi connectivity index (χ3v) is 4.17. The van der Waals surface area contributed by atoms with Crippen LogP contribution in [0.3, 0.4) is 0 Å². The fourth-order valence-corrected chi connectivity index (χ4v) is 2.90. The maximum atomic E-state index is 12.6. The molecule has 1 aromatic carbocycles. The van der Waals surface area contributed by atoms with Crippen LogP contribution in [0.2, 0.25) is 0 Å². The van der Waals surface area contributed by atoms with Crippen LogP contribution in [0.25, 0.3) is 0 Å². The molecule has 1 aliphatic rings. The molecule has 1 heterocycles. The molecule has 1 amide bonds. The Hall–Kier alpha value is -1.59. The van der Waals surface area contributed by atoms with Gasteiger partial charge in [0.2, 0.25) is 5.91 Å². The summed E-state index contributed by atoms with van der Waals surface area (Å²) < 4.78 is 11.1. The molecule has 1 unspecified atom stereocenters. The van der Waals surface area contributed by atoms with E-state index < -0.39 is 0 Å². The average molecular weight is 320 g/mol. The maximum absolute atomic E-state index is 12.6. The van der Waals surface area contributed by atoms with Crippen molar-refractivity contribution < 1.29 is 14.3 Å². The van der Waals surface area contributed by atoms with Crippen molar-refractivity contribution in [2.45, 2.75) is 38.3 Å². The lowest BCUT2D eigenvalue weighted by Gasteiger charge is -2.26. The van der Waals surface area contributed by atoms with Crippen molar-refractivity contribution in [3.63, 3.8) is 0 Å². The van der Waals surface area contributed by atoms with Gasteiger partial charge in [-0.3, -0.25) is 4.79 Å². The summed E-state index contributed by atoms with van der Waals surface area (Å²) in [6.45, 7) is 2.90. The van der Waals surface area contributed by atoms with Crippen molar-refractivity contribution in [2.75, 3.05) is 33.9 Å². The zero-order chi connectivity index (χ0) is 16.5. The lowest BCUT2D eigenvalue weighted by molar-refractivity contribution is -0.133. The van der Waals surface area contributed by atoms with Gasteiger partial charge in [-0.15, -0.1) is 0 Å². The first-order valence-corrected chi connectivity index (χ1v) is 8.40. The van der Waals surface area contributed by atoms with Crippen LogP contribution < -0.4 is 10.1 Å². The van der Waals surface area contributed by atoms with Crippen molar-refractivity contribution in [3.05, 3.63) is 29.8 Å². The number of hydrogen-bond acceptors (Lipinski definition) is 4. The minimum absolute atomic E-state index is 0.165. The van der Waals surface area contributed by atoms with Gasteiger partial charge >= 0.3 is 0 Å². The first kappa shape index (κ1) is 17.8. The van der Waals surface area contributed by atoms with Crippen molar-refractivity contribution in [1.82, 2.24) is 10.2 Å². The predicted molar refractivity (Wildman–Crippen MR) is 90.5 cm³/mol. The number of hydrogen-bond donors (Lipinski definition) is 1. The third kappa shape index (κ3) is 5.52. The molecule has 23 heavy (non-hydrogen) atoms. The summed E-state index contributed by atoms with van der Waals surface area (Å²) in [5.74, 6) is 1.01. The number of carbonyl (C=O) groups is 1. The Morgan fingerprint density at radius 1 is 1.43 bits per heavy atom. The van der Waals surface area contributed by atoms with Crippen LogP contribution in [-0.4, -0.2) is 50.8 Å². The van der Waals surface area contributed by atoms with E-state index in [1.165, 1.54) is 0 Å². The Kier molecular flexibility index (Phi) is 7.36. The molecule has 0 spiro atoms. The molecular formula is C18H28N2O3. The molecule has 0 bridgehead atoms. The normalized spacial score (nSPS) is 17.2. The smallest absolute Gasteiger partial charge is 0.223 e. The molecular weight excluding hydrogens is 292 g/mol. The van der Waals surface area contributed by atoms with Crippen molar-refractivity contribution in [1.29, 1.82) is 0 Å². The Bertz CT molecular complexity index is 487. The zero-order valence-electron chi connectivity index (χ0n) is 14.2. The van der Waals surface area contributed by atoms with E-state index in [2.05, 4.69) is 5.32 Å². The number of nitrogens with one attached hydrogen (secondary N) is 1.